The Balaban J connectivity index is 2.89. The molecule has 0 atom stereocenters. The van der Waals surface area contributed by atoms with Crippen LogP contribution >= 0.6 is 11.6 Å². The van der Waals surface area contributed by atoms with Crippen molar-refractivity contribution < 1.29 is 22.7 Å². The highest BCUT2D eigenvalue weighted by Gasteiger charge is 2.39. The molecule has 0 N–H and O–H groups in total. The minimum atomic E-state index is -4.72. The highest BCUT2D eigenvalue weighted by Crippen LogP contribution is 2.39. The number of nitrogens with zero attached hydrogens (tertiary/aromatic N) is 1. The quantitative estimate of drug-likeness (QED) is 0.771. The van der Waals surface area contributed by atoms with Crippen molar-refractivity contribution in [3.63, 3.8) is 0 Å². The van der Waals surface area contributed by atoms with Gasteiger partial charge in [-0.3, -0.25) is 4.98 Å². The molecule has 0 saturated carbocycles. The molecule has 0 aliphatic carbocycles. The van der Waals surface area contributed by atoms with Gasteiger partial charge in [-0.2, -0.15) is 13.2 Å². The van der Waals surface area contributed by atoms with Crippen molar-refractivity contribution in [3.05, 3.63) is 40.0 Å². The Hall–Kier alpha value is -1.82. The largest absolute Gasteiger partial charge is 0.462 e. The summed E-state index contributed by atoms with van der Waals surface area (Å²) >= 11 is 5.76. The van der Waals surface area contributed by atoms with Crippen molar-refractivity contribution in [1.29, 1.82) is 0 Å². The molecule has 0 unspecified atom stereocenters. The van der Waals surface area contributed by atoms with Crippen LogP contribution in [-0.4, -0.2) is 17.6 Å². The monoisotopic (exact) mass is 317 g/mol. The van der Waals surface area contributed by atoms with Gasteiger partial charge in [-0.25, -0.2) is 4.79 Å². The summed E-state index contributed by atoms with van der Waals surface area (Å²) in [7, 11) is 0. The van der Waals surface area contributed by atoms with Crippen LogP contribution in [0.4, 0.5) is 13.2 Å². The Labute approximate surface area is 123 Å². The Morgan fingerprint density at radius 1 is 1.38 bits per heavy atom. The topological polar surface area (TPSA) is 39.2 Å². The van der Waals surface area contributed by atoms with Gasteiger partial charge in [0.25, 0.3) is 0 Å². The summed E-state index contributed by atoms with van der Waals surface area (Å²) in [5, 5.41) is -0.0860. The smallest absolute Gasteiger partial charge is 0.417 e. The van der Waals surface area contributed by atoms with Crippen LogP contribution in [0.3, 0.4) is 0 Å². The normalized spacial score (nSPS) is 11.7. The lowest BCUT2D eigenvalue weighted by Crippen LogP contribution is -2.18. The fraction of sp³-hybridized carbons (Fsp3) is 0.286. The van der Waals surface area contributed by atoms with Crippen LogP contribution in [0.5, 0.6) is 0 Å². The van der Waals surface area contributed by atoms with E-state index >= 15 is 0 Å². The molecule has 2 aromatic rings. The first-order valence-electron chi connectivity index (χ1n) is 6.10. The maximum Gasteiger partial charge on any atom is 0.417 e. The molecule has 7 heteroatoms. The van der Waals surface area contributed by atoms with E-state index in [1.165, 1.54) is 26.0 Å². The first-order valence-corrected chi connectivity index (χ1v) is 6.47. The van der Waals surface area contributed by atoms with Crippen molar-refractivity contribution in [2.24, 2.45) is 0 Å². The summed E-state index contributed by atoms with van der Waals surface area (Å²) in [5.41, 5.74) is -1.54. The predicted molar refractivity (Wildman–Crippen MR) is 72.4 cm³/mol. The molecule has 112 valence electrons. The number of esters is 1. The predicted octanol–water partition coefficient (Wildman–Crippen LogP) is 4.39. The molecule has 0 radical (unpaired) electrons. The second kappa shape index (κ2) is 5.52. The molecule has 0 bridgehead atoms. The Morgan fingerprint density at radius 3 is 2.62 bits per heavy atom. The summed E-state index contributed by atoms with van der Waals surface area (Å²) in [6.45, 7) is 2.84. The lowest BCUT2D eigenvalue weighted by molar-refractivity contribution is -0.136. The first kappa shape index (κ1) is 15.6. The van der Waals surface area contributed by atoms with Crippen LogP contribution in [-0.2, 0) is 10.9 Å². The number of fused-ring (bicyclic) bond motifs is 1. The molecule has 0 aliphatic rings. The number of hydrogen-bond acceptors (Lipinski definition) is 3. The Morgan fingerprint density at radius 2 is 2.05 bits per heavy atom. The van der Waals surface area contributed by atoms with Gasteiger partial charge >= 0.3 is 12.1 Å². The molecule has 0 fully saturated rings. The van der Waals surface area contributed by atoms with E-state index in [0.29, 0.717) is 0 Å². The fourth-order valence-electron chi connectivity index (χ4n) is 2.11. The van der Waals surface area contributed by atoms with Gasteiger partial charge in [-0.1, -0.05) is 11.6 Å². The number of pyridine rings is 1. The fourth-order valence-corrected chi connectivity index (χ4v) is 2.28. The van der Waals surface area contributed by atoms with Crippen molar-refractivity contribution in [2.45, 2.75) is 20.0 Å². The van der Waals surface area contributed by atoms with Gasteiger partial charge in [0.15, 0.2) is 0 Å². The molecule has 1 aromatic heterocycles. The van der Waals surface area contributed by atoms with E-state index in [1.54, 1.807) is 0 Å². The molecule has 0 aliphatic heterocycles. The second-order valence-corrected chi connectivity index (χ2v) is 4.76. The van der Waals surface area contributed by atoms with Crippen molar-refractivity contribution in [2.75, 3.05) is 6.61 Å². The number of aromatic nitrogens is 1. The molecule has 1 heterocycles. The summed E-state index contributed by atoms with van der Waals surface area (Å²) in [4.78, 5) is 15.9. The van der Waals surface area contributed by atoms with E-state index in [2.05, 4.69) is 4.98 Å². The molecular formula is C14H11ClF3NO2. The maximum atomic E-state index is 13.4. The van der Waals surface area contributed by atoms with Crippen LogP contribution in [0, 0.1) is 6.92 Å². The molecule has 3 nitrogen and oxygen atoms in total. The zero-order valence-electron chi connectivity index (χ0n) is 11.2. The highest BCUT2D eigenvalue weighted by molar-refractivity contribution is 6.31. The molecule has 2 rings (SSSR count). The van der Waals surface area contributed by atoms with Gasteiger partial charge in [-0.05, 0) is 32.0 Å². The summed E-state index contributed by atoms with van der Waals surface area (Å²) in [6, 6.07) is 3.98. The van der Waals surface area contributed by atoms with Gasteiger partial charge in [-0.15, -0.1) is 0 Å². The number of aryl methyl sites for hydroxylation is 1. The Kier molecular flexibility index (Phi) is 4.09. The number of carbonyl (C=O) groups is 1. The van der Waals surface area contributed by atoms with E-state index in [9.17, 15) is 18.0 Å². The molecule has 1 aromatic carbocycles. The maximum absolute atomic E-state index is 13.4. The molecule has 21 heavy (non-hydrogen) atoms. The van der Waals surface area contributed by atoms with Gasteiger partial charge in [0, 0.05) is 10.4 Å². The molecule has 0 saturated heterocycles. The third kappa shape index (κ3) is 2.95. The average molecular weight is 318 g/mol. The summed E-state index contributed by atoms with van der Waals surface area (Å²) in [6.07, 6.45) is -4.72. The van der Waals surface area contributed by atoms with Crippen molar-refractivity contribution >= 4 is 28.5 Å². The SMILES string of the molecule is CCOC(=O)c1c(C)nc2ccc(Cl)cc2c1C(F)(F)F. The molecule has 0 spiro atoms. The molecule has 0 amide bonds. The highest BCUT2D eigenvalue weighted by atomic mass is 35.5. The zero-order chi connectivity index (χ0) is 15.8. The third-order valence-electron chi connectivity index (χ3n) is 2.89. The van der Waals surface area contributed by atoms with Crippen LogP contribution < -0.4 is 0 Å². The summed E-state index contributed by atoms with van der Waals surface area (Å²) in [5.74, 6) is -1.04. The lowest BCUT2D eigenvalue weighted by atomic mass is 10.00. The van der Waals surface area contributed by atoms with Crippen LogP contribution in [0.25, 0.3) is 10.9 Å². The number of hydrogen-bond donors (Lipinski definition) is 0. The first-order chi connectivity index (χ1) is 9.75. The minimum Gasteiger partial charge on any atom is -0.462 e. The van der Waals surface area contributed by atoms with E-state index in [1.807, 2.05) is 0 Å². The second-order valence-electron chi connectivity index (χ2n) is 4.33. The average Bonchev–Trinajstić information content (AvgIpc) is 2.36. The minimum absolute atomic E-state index is 0.0246. The van der Waals surface area contributed by atoms with Gasteiger partial charge in [0.2, 0.25) is 0 Å². The summed E-state index contributed by atoms with van der Waals surface area (Å²) < 4.78 is 44.9. The van der Waals surface area contributed by atoms with Crippen molar-refractivity contribution in [3.8, 4) is 0 Å². The number of rotatable bonds is 2. The van der Waals surface area contributed by atoms with E-state index in [4.69, 9.17) is 16.3 Å². The number of carbonyl (C=O) groups excluding carboxylic acids is 1. The van der Waals surface area contributed by atoms with E-state index < -0.39 is 23.3 Å². The van der Waals surface area contributed by atoms with Crippen LogP contribution in [0.2, 0.25) is 5.02 Å². The van der Waals surface area contributed by atoms with Crippen molar-refractivity contribution in [1.82, 2.24) is 4.98 Å². The third-order valence-corrected chi connectivity index (χ3v) is 3.13. The zero-order valence-corrected chi connectivity index (χ0v) is 12.0. The van der Waals surface area contributed by atoms with Gasteiger partial charge in [0.05, 0.1) is 28.9 Å². The van der Waals surface area contributed by atoms with Crippen LogP contribution in [0.1, 0.15) is 28.5 Å². The van der Waals surface area contributed by atoms with Gasteiger partial charge in [0.1, 0.15) is 0 Å². The number of alkyl halides is 3. The Bertz CT molecular complexity index is 713. The van der Waals surface area contributed by atoms with Gasteiger partial charge < -0.3 is 4.74 Å². The van der Waals surface area contributed by atoms with E-state index in [0.717, 1.165) is 6.07 Å². The van der Waals surface area contributed by atoms with Crippen LogP contribution in [0.15, 0.2) is 18.2 Å². The number of ether oxygens (including phenoxy) is 1. The molecular weight excluding hydrogens is 307 g/mol. The standard InChI is InChI=1S/C14H11ClF3NO2/c1-3-21-13(20)11-7(2)19-10-5-4-8(15)6-9(10)12(11)14(16,17)18/h4-6H,3H2,1-2H3. The van der Waals surface area contributed by atoms with E-state index in [-0.39, 0.29) is 28.2 Å². The lowest BCUT2D eigenvalue weighted by Gasteiger charge is -2.16. The number of halogens is 4. The number of benzene rings is 1.